The fourth-order valence-corrected chi connectivity index (χ4v) is 4.15. The van der Waals surface area contributed by atoms with Gasteiger partial charge < -0.3 is 9.84 Å². The second kappa shape index (κ2) is 11.8. The Balaban J connectivity index is 1.99. The zero-order valence-electron chi connectivity index (χ0n) is 17.1. The van der Waals surface area contributed by atoms with Crippen LogP contribution in [0.3, 0.4) is 0 Å². The Morgan fingerprint density at radius 2 is 1.41 bits per heavy atom. The zero-order valence-corrected chi connectivity index (χ0v) is 18.0. The van der Waals surface area contributed by atoms with E-state index in [4.69, 9.17) is 4.74 Å². The Kier molecular flexibility index (Phi) is 9.48. The number of ether oxygens (including phenoxy) is 1. The second-order valence-electron chi connectivity index (χ2n) is 7.38. The molecule has 2 N–H and O–H groups in total. The highest BCUT2D eigenvalue weighted by molar-refractivity contribution is 7.85. The summed E-state index contributed by atoms with van der Waals surface area (Å²) in [5.74, 6) is 1.02. The first-order chi connectivity index (χ1) is 13.9. The molecule has 6 heteroatoms. The van der Waals surface area contributed by atoms with E-state index in [1.807, 2.05) is 0 Å². The number of phenolic OH excluding ortho intramolecular Hbond substituents is 1. The molecule has 0 saturated carbocycles. The van der Waals surface area contributed by atoms with Gasteiger partial charge in [-0.3, -0.25) is 4.55 Å². The summed E-state index contributed by atoms with van der Waals surface area (Å²) in [5.41, 5.74) is 0.492. The molecule has 0 saturated heterocycles. The van der Waals surface area contributed by atoms with Crippen molar-refractivity contribution in [3.05, 3.63) is 48.0 Å². The van der Waals surface area contributed by atoms with Gasteiger partial charge in [-0.05, 0) is 49.2 Å². The summed E-state index contributed by atoms with van der Waals surface area (Å²) in [5, 5.41) is 9.41. The van der Waals surface area contributed by atoms with Gasteiger partial charge >= 0.3 is 0 Å². The predicted octanol–water partition coefficient (Wildman–Crippen LogP) is 6.50. The Labute approximate surface area is 174 Å². The maximum absolute atomic E-state index is 11.8. The largest absolute Gasteiger partial charge is 0.508 e. The normalized spacial score (nSPS) is 11.5. The highest BCUT2D eigenvalue weighted by atomic mass is 32.2. The molecule has 160 valence electrons. The molecule has 2 aromatic rings. The minimum absolute atomic E-state index is 0.103. The first kappa shape index (κ1) is 23.2. The van der Waals surface area contributed by atoms with Crippen molar-refractivity contribution in [3.63, 3.8) is 0 Å². The van der Waals surface area contributed by atoms with Crippen molar-refractivity contribution in [2.24, 2.45) is 0 Å². The van der Waals surface area contributed by atoms with E-state index in [0.717, 1.165) is 19.3 Å². The quantitative estimate of drug-likeness (QED) is 0.285. The van der Waals surface area contributed by atoms with E-state index in [1.165, 1.54) is 56.7 Å². The number of benzene rings is 2. The fourth-order valence-electron chi connectivity index (χ4n) is 3.38. The molecule has 29 heavy (non-hydrogen) atoms. The molecule has 2 rings (SSSR count). The van der Waals surface area contributed by atoms with Gasteiger partial charge in [-0.25, -0.2) is 0 Å². The third-order valence-corrected chi connectivity index (χ3v) is 5.90. The monoisotopic (exact) mass is 420 g/mol. The van der Waals surface area contributed by atoms with Crippen molar-refractivity contribution in [3.8, 4) is 17.2 Å². The number of hydrogen-bond donors (Lipinski definition) is 2. The smallest absolute Gasteiger partial charge is 0.294 e. The molecule has 0 aliphatic carbocycles. The highest BCUT2D eigenvalue weighted by Crippen LogP contribution is 2.32. The van der Waals surface area contributed by atoms with Crippen molar-refractivity contribution in [2.45, 2.75) is 76.0 Å². The van der Waals surface area contributed by atoms with Gasteiger partial charge in [0.1, 0.15) is 22.1 Å². The van der Waals surface area contributed by atoms with E-state index < -0.39 is 10.1 Å². The molecule has 5 nitrogen and oxygen atoms in total. The first-order valence-corrected chi connectivity index (χ1v) is 11.9. The number of aromatic hydroxyl groups is 1. The van der Waals surface area contributed by atoms with Gasteiger partial charge in [0, 0.05) is 5.56 Å². The Morgan fingerprint density at radius 1 is 0.828 bits per heavy atom. The van der Waals surface area contributed by atoms with Crippen molar-refractivity contribution in [2.75, 3.05) is 0 Å². The van der Waals surface area contributed by atoms with Crippen LogP contribution in [-0.4, -0.2) is 18.1 Å². The minimum atomic E-state index is -4.34. The van der Waals surface area contributed by atoms with Gasteiger partial charge in [0.05, 0.1) is 0 Å². The molecular formula is C23H32O5S. The predicted molar refractivity (Wildman–Crippen MR) is 115 cm³/mol. The molecule has 0 spiro atoms. The van der Waals surface area contributed by atoms with Crippen LogP contribution in [0.5, 0.6) is 17.2 Å². The third kappa shape index (κ3) is 8.07. The zero-order chi connectivity index (χ0) is 21.1. The average Bonchev–Trinajstić information content (AvgIpc) is 2.68. The van der Waals surface area contributed by atoms with Crippen LogP contribution in [0.25, 0.3) is 0 Å². The van der Waals surface area contributed by atoms with Gasteiger partial charge in [-0.15, -0.1) is 0 Å². The van der Waals surface area contributed by atoms with E-state index in [-0.39, 0.29) is 10.6 Å². The summed E-state index contributed by atoms with van der Waals surface area (Å²) in [4.78, 5) is -0.103. The number of rotatable bonds is 13. The maximum Gasteiger partial charge on any atom is 0.294 e. The van der Waals surface area contributed by atoms with Crippen LogP contribution >= 0.6 is 0 Å². The van der Waals surface area contributed by atoms with Gasteiger partial charge in [-0.2, -0.15) is 8.42 Å². The van der Waals surface area contributed by atoms with E-state index in [0.29, 0.717) is 23.5 Å². The van der Waals surface area contributed by atoms with Crippen LogP contribution in [0.1, 0.15) is 70.3 Å². The topological polar surface area (TPSA) is 83.8 Å². The number of hydrogen-bond acceptors (Lipinski definition) is 4. The number of unbranched alkanes of at least 4 members (excludes halogenated alkanes) is 8. The van der Waals surface area contributed by atoms with E-state index in [9.17, 15) is 18.1 Å². The summed E-state index contributed by atoms with van der Waals surface area (Å²) in [6.45, 7) is 2.21. The van der Waals surface area contributed by atoms with Crippen LogP contribution < -0.4 is 4.74 Å². The van der Waals surface area contributed by atoms with Gasteiger partial charge in [0.25, 0.3) is 10.1 Å². The highest BCUT2D eigenvalue weighted by Gasteiger charge is 2.19. The Hall–Kier alpha value is -2.05. The van der Waals surface area contributed by atoms with E-state index in [2.05, 4.69) is 6.92 Å². The molecule has 0 atom stereocenters. The van der Waals surface area contributed by atoms with Gasteiger partial charge in [0.15, 0.2) is 0 Å². The molecule has 0 amide bonds. The van der Waals surface area contributed by atoms with Crippen LogP contribution in [-0.2, 0) is 16.5 Å². The van der Waals surface area contributed by atoms with Crippen LogP contribution in [0, 0.1) is 0 Å². The summed E-state index contributed by atoms with van der Waals surface area (Å²) in [6.07, 6.45) is 11.0. The van der Waals surface area contributed by atoms with Crippen LogP contribution in [0.15, 0.2) is 47.4 Å². The van der Waals surface area contributed by atoms with Crippen molar-refractivity contribution in [1.29, 1.82) is 0 Å². The van der Waals surface area contributed by atoms with Gasteiger partial charge in [0.2, 0.25) is 0 Å². The molecule has 0 unspecified atom stereocenters. The third-order valence-electron chi connectivity index (χ3n) is 4.96. The Morgan fingerprint density at radius 3 is 2.00 bits per heavy atom. The lowest BCUT2D eigenvalue weighted by molar-refractivity contribution is 0.456. The molecule has 0 aliphatic rings. The summed E-state index contributed by atoms with van der Waals surface area (Å²) in [6, 6.07) is 10.9. The molecule has 0 aliphatic heterocycles. The summed E-state index contributed by atoms with van der Waals surface area (Å²) >= 11 is 0. The van der Waals surface area contributed by atoms with E-state index in [1.54, 1.807) is 24.3 Å². The van der Waals surface area contributed by atoms with E-state index >= 15 is 0 Å². The lowest BCUT2D eigenvalue weighted by Crippen LogP contribution is -2.05. The van der Waals surface area contributed by atoms with Crippen LogP contribution in [0.2, 0.25) is 0 Å². The van der Waals surface area contributed by atoms with Crippen LogP contribution in [0.4, 0.5) is 0 Å². The lowest BCUT2D eigenvalue weighted by atomic mass is 10.0. The first-order valence-electron chi connectivity index (χ1n) is 10.5. The Bertz CT molecular complexity index is 844. The number of phenols is 1. The molecule has 0 heterocycles. The standard InChI is InChI=1S/C23H32O5S/c1-2-3-4-5-6-7-8-9-10-12-21-22(13-11-14-23(21)29(25,26)27)28-20-17-15-19(24)16-18-20/h11,13-18,24H,2-10,12H2,1H3,(H,25,26,27). The molecular weight excluding hydrogens is 388 g/mol. The molecule has 0 fully saturated rings. The summed E-state index contributed by atoms with van der Waals surface area (Å²) in [7, 11) is -4.34. The lowest BCUT2D eigenvalue weighted by Gasteiger charge is -2.14. The van der Waals surface area contributed by atoms with Gasteiger partial charge in [-0.1, -0.05) is 64.4 Å². The van der Waals surface area contributed by atoms with Crippen molar-refractivity contribution >= 4 is 10.1 Å². The maximum atomic E-state index is 11.8. The SMILES string of the molecule is CCCCCCCCCCCc1c(Oc2ccc(O)cc2)cccc1S(=O)(=O)O. The molecule has 0 bridgehead atoms. The minimum Gasteiger partial charge on any atom is -0.508 e. The van der Waals surface area contributed by atoms with Crippen molar-refractivity contribution in [1.82, 2.24) is 0 Å². The summed E-state index contributed by atoms with van der Waals surface area (Å²) < 4.78 is 39.1. The average molecular weight is 421 g/mol. The molecule has 2 aromatic carbocycles. The molecule has 0 aromatic heterocycles. The van der Waals surface area contributed by atoms with Crippen molar-refractivity contribution < 1.29 is 22.8 Å². The second-order valence-corrected chi connectivity index (χ2v) is 8.77. The fraction of sp³-hybridized carbons (Fsp3) is 0.478. The molecule has 0 radical (unpaired) electrons.